The number of pyridine rings is 2. The third kappa shape index (κ3) is 4.26. The number of carboxylic acid groups (broad SMARTS) is 4. The summed E-state index contributed by atoms with van der Waals surface area (Å²) >= 11 is 0. The van der Waals surface area contributed by atoms with Crippen molar-refractivity contribution in [2.45, 2.75) is 0 Å². The summed E-state index contributed by atoms with van der Waals surface area (Å²) in [5.74, 6) is -5.69. The first-order valence-electron chi connectivity index (χ1n) is 6.83. The topological polar surface area (TPSA) is 175 Å². The fraction of sp³-hybridized carbons (Fsp3) is 0. The van der Waals surface area contributed by atoms with Gasteiger partial charge in [0.05, 0.1) is 0 Å². The number of rotatable bonds is 6. The van der Waals surface area contributed by atoms with E-state index < -0.39 is 46.7 Å². The van der Waals surface area contributed by atoms with Gasteiger partial charge in [-0.3, -0.25) is 0 Å². The number of carbonyl (C=O) groups is 4. The van der Waals surface area contributed by atoms with Crippen molar-refractivity contribution >= 4 is 36.0 Å². The van der Waals surface area contributed by atoms with Crippen LogP contribution >= 0.6 is 0 Å². The summed E-state index contributed by atoms with van der Waals surface area (Å²) in [6.45, 7) is 0. The van der Waals surface area contributed by atoms with Gasteiger partial charge >= 0.3 is 23.9 Å². The van der Waals surface area contributed by atoms with E-state index in [0.717, 1.165) is 24.3 Å². The van der Waals surface area contributed by atoms with Crippen LogP contribution in [0.2, 0.25) is 0 Å². The molecule has 10 heteroatoms. The summed E-state index contributed by atoms with van der Waals surface area (Å²) in [4.78, 5) is 51.0. The molecule has 2 rings (SSSR count). The van der Waals surface area contributed by atoms with Gasteiger partial charge in [0.25, 0.3) is 0 Å². The molecular formula is C16H10N2O8. The van der Waals surface area contributed by atoms with Crippen molar-refractivity contribution in [3.8, 4) is 0 Å². The minimum absolute atomic E-state index is 0.167. The second kappa shape index (κ2) is 7.21. The predicted molar refractivity (Wildman–Crippen MR) is 85.2 cm³/mol. The molecule has 2 heterocycles. The van der Waals surface area contributed by atoms with Crippen LogP contribution < -0.4 is 0 Å². The summed E-state index contributed by atoms with van der Waals surface area (Å²) in [5, 5.41) is 35.9. The largest absolute Gasteiger partial charge is 0.477 e. The van der Waals surface area contributed by atoms with Gasteiger partial charge in [-0.1, -0.05) is 12.2 Å². The molecule has 0 aliphatic heterocycles. The highest BCUT2D eigenvalue weighted by atomic mass is 16.4. The van der Waals surface area contributed by atoms with E-state index in [2.05, 4.69) is 9.97 Å². The third-order valence-electron chi connectivity index (χ3n) is 3.04. The lowest BCUT2D eigenvalue weighted by atomic mass is 10.1. The van der Waals surface area contributed by atoms with Crippen molar-refractivity contribution in [2.24, 2.45) is 0 Å². The molecule has 0 aliphatic rings. The maximum Gasteiger partial charge on any atom is 0.354 e. The molecule has 2 aromatic heterocycles. The van der Waals surface area contributed by atoms with Crippen molar-refractivity contribution < 1.29 is 39.6 Å². The lowest BCUT2D eigenvalue weighted by Crippen LogP contribution is -2.08. The molecule has 0 aliphatic carbocycles. The number of nitrogens with zero attached hydrogens (tertiary/aromatic N) is 2. The molecule has 0 saturated carbocycles. The average Bonchev–Trinajstić information content (AvgIpc) is 2.59. The predicted octanol–water partition coefficient (Wildman–Crippen LogP) is 1.44. The van der Waals surface area contributed by atoms with Gasteiger partial charge in [0.2, 0.25) is 0 Å². The highest BCUT2D eigenvalue weighted by Gasteiger charge is 2.14. The van der Waals surface area contributed by atoms with E-state index in [1.807, 2.05) is 0 Å². The number of aromatic nitrogens is 2. The summed E-state index contributed by atoms with van der Waals surface area (Å²) < 4.78 is 0. The smallest absolute Gasteiger partial charge is 0.354 e. The van der Waals surface area contributed by atoms with Crippen molar-refractivity contribution in [1.29, 1.82) is 0 Å². The Balaban J connectivity index is 2.49. The highest BCUT2D eigenvalue weighted by molar-refractivity contribution is 5.93. The van der Waals surface area contributed by atoms with Gasteiger partial charge in [-0.05, 0) is 35.4 Å². The minimum atomic E-state index is -1.42. The maximum atomic E-state index is 11.0. The van der Waals surface area contributed by atoms with Gasteiger partial charge in [0, 0.05) is 0 Å². The first-order chi connectivity index (χ1) is 12.2. The lowest BCUT2D eigenvalue weighted by molar-refractivity contribution is 0.0664. The Bertz CT molecular complexity index is 823. The number of carboxylic acids is 4. The summed E-state index contributed by atoms with van der Waals surface area (Å²) in [6.07, 6.45) is 2.60. The van der Waals surface area contributed by atoms with Gasteiger partial charge in [0.1, 0.15) is 22.8 Å². The normalized spacial score (nSPS) is 10.6. The molecule has 0 radical (unpaired) electrons. The molecule has 0 aromatic carbocycles. The zero-order valence-electron chi connectivity index (χ0n) is 12.8. The van der Waals surface area contributed by atoms with Gasteiger partial charge in [-0.25, -0.2) is 29.1 Å². The molecule has 10 nitrogen and oxygen atoms in total. The van der Waals surface area contributed by atoms with E-state index in [-0.39, 0.29) is 11.1 Å². The Kier molecular flexibility index (Phi) is 5.07. The molecule has 0 bridgehead atoms. The van der Waals surface area contributed by atoms with Crippen LogP contribution in [0, 0.1) is 0 Å². The van der Waals surface area contributed by atoms with Crippen LogP contribution in [0.15, 0.2) is 24.3 Å². The fourth-order valence-corrected chi connectivity index (χ4v) is 1.93. The van der Waals surface area contributed by atoms with Crippen LogP contribution in [-0.4, -0.2) is 54.3 Å². The minimum Gasteiger partial charge on any atom is -0.477 e. The first kappa shape index (κ1) is 18.3. The highest BCUT2D eigenvalue weighted by Crippen LogP contribution is 2.14. The van der Waals surface area contributed by atoms with Crippen LogP contribution in [0.1, 0.15) is 53.1 Å². The molecule has 0 saturated heterocycles. The van der Waals surface area contributed by atoms with Gasteiger partial charge in [0.15, 0.2) is 0 Å². The van der Waals surface area contributed by atoms with Gasteiger partial charge < -0.3 is 20.4 Å². The molecular weight excluding hydrogens is 348 g/mol. The Hall–Kier alpha value is -4.08. The van der Waals surface area contributed by atoms with E-state index >= 15 is 0 Å². The SMILES string of the molecule is O=C(O)c1cc(/C=C/c2cc(C(=O)O)nc(C(=O)O)c2)cc(C(=O)O)n1. The summed E-state index contributed by atoms with van der Waals surface area (Å²) in [5.41, 5.74) is -1.62. The lowest BCUT2D eigenvalue weighted by Gasteiger charge is -2.02. The molecule has 26 heavy (non-hydrogen) atoms. The van der Waals surface area contributed by atoms with Crippen molar-refractivity contribution in [1.82, 2.24) is 9.97 Å². The monoisotopic (exact) mass is 358 g/mol. The fourth-order valence-electron chi connectivity index (χ4n) is 1.93. The van der Waals surface area contributed by atoms with E-state index in [1.165, 1.54) is 12.2 Å². The van der Waals surface area contributed by atoms with Gasteiger partial charge in [-0.2, -0.15) is 0 Å². The van der Waals surface area contributed by atoms with Crippen LogP contribution in [0.4, 0.5) is 0 Å². The third-order valence-corrected chi connectivity index (χ3v) is 3.04. The second-order valence-electron chi connectivity index (χ2n) is 4.90. The van der Waals surface area contributed by atoms with Crippen molar-refractivity contribution in [2.75, 3.05) is 0 Å². The van der Waals surface area contributed by atoms with Crippen LogP contribution in [-0.2, 0) is 0 Å². The first-order valence-corrected chi connectivity index (χ1v) is 6.83. The number of hydrogen-bond donors (Lipinski definition) is 4. The molecule has 0 unspecified atom stereocenters. The standard InChI is InChI=1S/C16H10N2O8/c19-13(20)9-3-7(4-10(17-9)14(21)22)1-2-8-5-11(15(23)24)18-12(6-8)16(25)26/h1-6H,(H,19,20)(H,21,22)(H,23,24)(H,25,26)/b2-1+. The quantitative estimate of drug-likeness (QED) is 0.591. The Morgan fingerprint density at radius 2 is 0.808 bits per heavy atom. The molecule has 0 spiro atoms. The Morgan fingerprint density at radius 1 is 0.577 bits per heavy atom. The number of aromatic carboxylic acids is 4. The maximum absolute atomic E-state index is 11.0. The van der Waals surface area contributed by atoms with Crippen molar-refractivity contribution in [3.63, 3.8) is 0 Å². The molecule has 0 amide bonds. The molecule has 132 valence electrons. The molecule has 2 aromatic rings. The number of hydrogen-bond acceptors (Lipinski definition) is 6. The zero-order chi connectivity index (χ0) is 19.4. The van der Waals surface area contributed by atoms with Crippen LogP contribution in [0.5, 0.6) is 0 Å². The van der Waals surface area contributed by atoms with E-state index in [1.54, 1.807) is 0 Å². The van der Waals surface area contributed by atoms with E-state index in [4.69, 9.17) is 20.4 Å². The van der Waals surface area contributed by atoms with Crippen molar-refractivity contribution in [3.05, 3.63) is 58.2 Å². The molecule has 4 N–H and O–H groups in total. The summed E-state index contributed by atoms with van der Waals surface area (Å²) in [7, 11) is 0. The Labute approximate surface area is 144 Å². The van der Waals surface area contributed by atoms with Crippen LogP contribution in [0.3, 0.4) is 0 Å². The molecule has 0 atom stereocenters. The average molecular weight is 358 g/mol. The molecule has 0 fully saturated rings. The Morgan fingerprint density at radius 3 is 1.00 bits per heavy atom. The summed E-state index contributed by atoms with van der Waals surface area (Å²) in [6, 6.07) is 4.46. The van der Waals surface area contributed by atoms with Crippen LogP contribution in [0.25, 0.3) is 12.2 Å². The second-order valence-corrected chi connectivity index (χ2v) is 4.90. The van der Waals surface area contributed by atoms with Gasteiger partial charge in [-0.15, -0.1) is 0 Å². The zero-order valence-corrected chi connectivity index (χ0v) is 12.8. The van der Waals surface area contributed by atoms with E-state index in [9.17, 15) is 19.2 Å². The van der Waals surface area contributed by atoms with E-state index in [0.29, 0.717) is 0 Å².